The molecule has 1 fully saturated rings. The van der Waals surface area contributed by atoms with E-state index in [4.69, 9.17) is 4.74 Å². The van der Waals surface area contributed by atoms with Crippen LogP contribution in [0.15, 0.2) is 16.9 Å². The van der Waals surface area contributed by atoms with Gasteiger partial charge in [0.05, 0.1) is 20.7 Å². The van der Waals surface area contributed by atoms with Gasteiger partial charge in [-0.3, -0.25) is 9.59 Å². The minimum Gasteiger partial charge on any atom is -0.449 e. The molecule has 1 saturated carbocycles. The predicted molar refractivity (Wildman–Crippen MR) is 162 cm³/mol. The summed E-state index contributed by atoms with van der Waals surface area (Å²) in [5.74, 6) is 0.196. The summed E-state index contributed by atoms with van der Waals surface area (Å²) in [6, 6.07) is 2.69. The molecule has 1 aliphatic carbocycles. The van der Waals surface area contributed by atoms with Gasteiger partial charge < -0.3 is 20.5 Å². The lowest BCUT2D eigenvalue weighted by Crippen LogP contribution is -2.51. The van der Waals surface area contributed by atoms with Gasteiger partial charge in [0.15, 0.2) is 5.43 Å². The zero-order valence-corrected chi connectivity index (χ0v) is 26.4. The number of thiophene rings is 1. The number of ether oxygens (including phenoxy) is 1. The van der Waals surface area contributed by atoms with E-state index in [1.807, 2.05) is 26.8 Å². The van der Waals surface area contributed by atoms with Crippen LogP contribution in [0.4, 0.5) is 4.79 Å². The summed E-state index contributed by atoms with van der Waals surface area (Å²) in [6.07, 6.45) is 6.73. The summed E-state index contributed by atoms with van der Waals surface area (Å²) in [6.45, 7) is 13.2. The number of unbranched alkanes of at least 4 members (excludes halogenated alkanes) is 1. The Morgan fingerprint density at radius 3 is 2.41 bits per heavy atom. The maximum absolute atomic E-state index is 13.4. The molecule has 0 bridgehead atoms. The highest BCUT2D eigenvalue weighted by Crippen LogP contribution is 2.36. The first-order valence-electron chi connectivity index (χ1n) is 14.7. The summed E-state index contributed by atoms with van der Waals surface area (Å²) in [5, 5.41) is 17.0. The SMILES string of the molecule is CCCC[C@H](NC(=O)C(CC(C)C)NC(=O)OCC1CCCCC1)C(O)c1c(-c2ccc([Si](C)(C)C)s2)c1=O. The molecule has 0 spiro atoms. The van der Waals surface area contributed by atoms with Gasteiger partial charge in [-0.05, 0) is 48.1 Å². The van der Waals surface area contributed by atoms with Crippen molar-refractivity contribution >= 4 is 35.9 Å². The molecule has 2 aromatic rings. The molecule has 0 aliphatic heterocycles. The van der Waals surface area contributed by atoms with Crippen LogP contribution in [-0.2, 0) is 9.53 Å². The minimum atomic E-state index is -1.50. The molecule has 0 radical (unpaired) electrons. The number of alkyl carbamates (subject to hydrolysis) is 1. The highest BCUT2D eigenvalue weighted by molar-refractivity contribution is 7.28. The Balaban J connectivity index is 1.67. The summed E-state index contributed by atoms with van der Waals surface area (Å²) < 4.78 is 6.80. The number of hydrogen-bond donors (Lipinski definition) is 3. The lowest BCUT2D eigenvalue weighted by atomic mass is 9.90. The molecule has 39 heavy (non-hydrogen) atoms. The Kier molecular flexibility index (Phi) is 11.4. The first-order chi connectivity index (χ1) is 18.4. The van der Waals surface area contributed by atoms with Gasteiger partial charge in [-0.2, -0.15) is 0 Å². The molecule has 3 atom stereocenters. The molecule has 1 heterocycles. The molecule has 0 saturated heterocycles. The highest BCUT2D eigenvalue weighted by Gasteiger charge is 2.37. The van der Waals surface area contributed by atoms with Crippen molar-refractivity contribution < 1.29 is 19.4 Å². The van der Waals surface area contributed by atoms with E-state index in [9.17, 15) is 19.5 Å². The Morgan fingerprint density at radius 2 is 1.82 bits per heavy atom. The molecule has 218 valence electrons. The number of amides is 2. The summed E-state index contributed by atoms with van der Waals surface area (Å²) >= 11 is 1.64. The van der Waals surface area contributed by atoms with Crippen molar-refractivity contribution in [3.05, 3.63) is 27.9 Å². The van der Waals surface area contributed by atoms with Crippen molar-refractivity contribution in [1.82, 2.24) is 10.6 Å². The Morgan fingerprint density at radius 1 is 1.13 bits per heavy atom. The molecule has 1 aliphatic rings. The van der Waals surface area contributed by atoms with Crippen LogP contribution in [0.1, 0.15) is 90.2 Å². The maximum atomic E-state index is 13.4. The third kappa shape index (κ3) is 9.01. The number of carbonyl (C=O) groups is 2. The van der Waals surface area contributed by atoms with E-state index < -0.39 is 32.4 Å². The van der Waals surface area contributed by atoms with Gasteiger partial charge in [0.1, 0.15) is 12.1 Å². The quantitative estimate of drug-likeness (QED) is 0.253. The maximum Gasteiger partial charge on any atom is 0.407 e. The molecule has 9 heteroatoms. The number of hydrogen-bond acceptors (Lipinski definition) is 6. The molecular formula is C30H48N2O5SSi. The zero-order chi connectivity index (χ0) is 28.7. The number of aliphatic hydroxyl groups excluding tert-OH is 1. The molecular weight excluding hydrogens is 528 g/mol. The van der Waals surface area contributed by atoms with E-state index in [2.05, 4.69) is 36.3 Å². The molecule has 2 unspecified atom stereocenters. The Hall–Kier alpha value is -1.97. The van der Waals surface area contributed by atoms with Crippen molar-refractivity contribution in [2.24, 2.45) is 11.8 Å². The minimum absolute atomic E-state index is 0.120. The zero-order valence-electron chi connectivity index (χ0n) is 24.6. The van der Waals surface area contributed by atoms with Crippen LogP contribution < -0.4 is 20.6 Å². The molecule has 1 aromatic heterocycles. The summed E-state index contributed by atoms with van der Waals surface area (Å²) in [4.78, 5) is 39.7. The number of aliphatic hydroxyl groups is 1. The van der Waals surface area contributed by atoms with Crippen LogP contribution in [0.5, 0.6) is 0 Å². The van der Waals surface area contributed by atoms with Crippen molar-refractivity contribution in [2.45, 2.75) is 116 Å². The van der Waals surface area contributed by atoms with Gasteiger partial charge in [-0.15, -0.1) is 11.3 Å². The van der Waals surface area contributed by atoms with E-state index in [1.165, 1.54) is 23.8 Å². The smallest absolute Gasteiger partial charge is 0.407 e. The van der Waals surface area contributed by atoms with Crippen LogP contribution in [0.25, 0.3) is 10.4 Å². The van der Waals surface area contributed by atoms with Crippen molar-refractivity contribution in [3.63, 3.8) is 0 Å². The normalized spacial score (nSPS) is 17.2. The van der Waals surface area contributed by atoms with E-state index >= 15 is 0 Å². The third-order valence-corrected chi connectivity index (χ3v) is 12.3. The average Bonchev–Trinajstić information content (AvgIpc) is 3.29. The van der Waals surface area contributed by atoms with Gasteiger partial charge in [0.25, 0.3) is 0 Å². The number of carbonyl (C=O) groups excluding carboxylic acids is 2. The largest absolute Gasteiger partial charge is 0.449 e. The van der Waals surface area contributed by atoms with E-state index in [0.29, 0.717) is 36.5 Å². The van der Waals surface area contributed by atoms with Gasteiger partial charge >= 0.3 is 6.09 Å². The predicted octanol–water partition coefficient (Wildman–Crippen LogP) is 5.63. The fraction of sp³-hybridized carbons (Fsp3) is 0.700. The summed E-state index contributed by atoms with van der Waals surface area (Å²) in [7, 11) is -1.50. The first kappa shape index (κ1) is 31.6. The third-order valence-electron chi connectivity index (χ3n) is 7.63. The van der Waals surface area contributed by atoms with E-state index in [1.54, 1.807) is 11.3 Å². The van der Waals surface area contributed by atoms with Crippen LogP contribution in [0.3, 0.4) is 0 Å². The monoisotopic (exact) mass is 576 g/mol. The Labute approximate surface area is 238 Å². The summed E-state index contributed by atoms with van der Waals surface area (Å²) in [5.41, 5.74) is 0.877. The van der Waals surface area contributed by atoms with Gasteiger partial charge in [-0.1, -0.05) is 78.6 Å². The van der Waals surface area contributed by atoms with Crippen LogP contribution in [-0.4, -0.2) is 43.9 Å². The lowest BCUT2D eigenvalue weighted by Gasteiger charge is -2.27. The van der Waals surface area contributed by atoms with E-state index in [-0.39, 0.29) is 17.3 Å². The molecule has 3 N–H and O–H groups in total. The molecule has 7 nitrogen and oxygen atoms in total. The fourth-order valence-electron chi connectivity index (χ4n) is 5.24. The standard InChI is InChI=1S/C30H48N2O5SSi/c1-7-8-14-21(27(33)26-25(28(26)34)23-15-16-24(38-23)39(4,5)6)31-29(35)22(17-19(2)3)32-30(36)37-18-20-12-10-9-11-13-20/h15-16,19-22,27,33H,7-14,17-18H2,1-6H3,(H,31,35)(H,32,36)/t21-,22?,27?/m0/s1. The molecule has 3 rings (SSSR count). The number of nitrogens with one attached hydrogen (secondary N) is 2. The molecule has 1 aromatic carbocycles. The second kappa shape index (κ2) is 14.1. The topological polar surface area (TPSA) is 105 Å². The average molecular weight is 577 g/mol. The van der Waals surface area contributed by atoms with Gasteiger partial charge in [-0.25, -0.2) is 4.79 Å². The van der Waals surface area contributed by atoms with Crippen LogP contribution in [0.2, 0.25) is 19.6 Å². The van der Waals surface area contributed by atoms with Crippen molar-refractivity contribution in [3.8, 4) is 10.4 Å². The fourth-order valence-corrected chi connectivity index (χ4v) is 8.19. The van der Waals surface area contributed by atoms with E-state index in [0.717, 1.165) is 30.6 Å². The first-order valence-corrected chi connectivity index (χ1v) is 19.0. The van der Waals surface area contributed by atoms with Crippen molar-refractivity contribution in [2.75, 3.05) is 6.61 Å². The van der Waals surface area contributed by atoms with Crippen molar-refractivity contribution in [1.29, 1.82) is 0 Å². The highest BCUT2D eigenvalue weighted by atomic mass is 32.1. The molecule has 2 amide bonds. The second-order valence-electron chi connectivity index (χ2n) is 12.7. The van der Waals surface area contributed by atoms with Crippen LogP contribution >= 0.6 is 11.3 Å². The van der Waals surface area contributed by atoms with Gasteiger partial charge in [0.2, 0.25) is 5.91 Å². The van der Waals surface area contributed by atoms with Gasteiger partial charge in [0, 0.05) is 16.0 Å². The lowest BCUT2D eigenvalue weighted by molar-refractivity contribution is -0.125. The van der Waals surface area contributed by atoms with Crippen LogP contribution in [0, 0.1) is 11.8 Å². The number of rotatable bonds is 14. The second-order valence-corrected chi connectivity index (χ2v) is 19.1. The Bertz CT molecular complexity index is 1090.